The first-order valence-corrected chi connectivity index (χ1v) is 8.84. The topological polar surface area (TPSA) is 76.1 Å². The summed E-state index contributed by atoms with van der Waals surface area (Å²) in [6.07, 6.45) is 0. The van der Waals surface area contributed by atoms with Crippen LogP contribution in [-0.2, 0) is 0 Å². The van der Waals surface area contributed by atoms with Crippen LogP contribution in [0.2, 0.25) is 5.02 Å². The van der Waals surface area contributed by atoms with Gasteiger partial charge in [0.15, 0.2) is 0 Å². The number of carbonyl (C=O) groups excluding carboxylic acids is 1. The molecule has 2 N–H and O–H groups in total. The van der Waals surface area contributed by atoms with Gasteiger partial charge in [0.2, 0.25) is 5.95 Å². The summed E-state index contributed by atoms with van der Waals surface area (Å²) in [7, 11) is 0. The Hall–Kier alpha value is -3.12. The molecule has 0 aliphatic heterocycles. The van der Waals surface area contributed by atoms with Crippen molar-refractivity contribution in [2.24, 2.45) is 0 Å². The number of benzene rings is 2. The van der Waals surface area contributed by atoms with Crippen molar-refractivity contribution in [3.05, 3.63) is 71.0 Å². The van der Waals surface area contributed by atoms with E-state index >= 15 is 0 Å². The molecule has 0 radical (unpaired) electrons. The zero-order chi connectivity index (χ0) is 19.2. The highest BCUT2D eigenvalue weighted by Gasteiger charge is 2.11. The maximum absolute atomic E-state index is 12.6. The number of ether oxygens (including phenoxy) is 1. The normalized spacial score (nSPS) is 10.3. The van der Waals surface area contributed by atoms with Crippen LogP contribution < -0.4 is 15.4 Å². The van der Waals surface area contributed by atoms with E-state index in [1.165, 1.54) is 0 Å². The number of hydrogen-bond acceptors (Lipinski definition) is 5. The third-order valence-electron chi connectivity index (χ3n) is 3.59. The van der Waals surface area contributed by atoms with E-state index in [0.717, 1.165) is 11.4 Å². The Kier molecular flexibility index (Phi) is 5.88. The number of carbonyl (C=O) groups is 1. The molecule has 3 aromatic rings. The highest BCUT2D eigenvalue weighted by atomic mass is 35.5. The van der Waals surface area contributed by atoms with Crippen molar-refractivity contribution in [2.75, 3.05) is 17.2 Å². The van der Waals surface area contributed by atoms with Gasteiger partial charge in [0.1, 0.15) is 11.4 Å². The van der Waals surface area contributed by atoms with Crippen LogP contribution in [-0.4, -0.2) is 22.5 Å². The second-order valence-corrected chi connectivity index (χ2v) is 6.20. The van der Waals surface area contributed by atoms with Crippen LogP contribution in [0.3, 0.4) is 0 Å². The molecule has 0 bridgehead atoms. The zero-order valence-corrected chi connectivity index (χ0v) is 15.7. The van der Waals surface area contributed by atoms with Gasteiger partial charge in [0, 0.05) is 22.1 Å². The number of aryl methyl sites for hydroxylation is 1. The first kappa shape index (κ1) is 18.7. The van der Waals surface area contributed by atoms with Crippen molar-refractivity contribution < 1.29 is 9.53 Å². The first-order chi connectivity index (χ1) is 13.0. The number of halogens is 1. The number of anilines is 3. The largest absolute Gasteiger partial charge is 0.494 e. The maximum atomic E-state index is 12.6. The molecule has 0 spiro atoms. The number of rotatable bonds is 6. The molecule has 3 rings (SSSR count). The molecule has 7 heteroatoms. The molecule has 6 nitrogen and oxygen atoms in total. The van der Waals surface area contributed by atoms with Gasteiger partial charge in [-0.25, -0.2) is 9.97 Å². The van der Waals surface area contributed by atoms with Gasteiger partial charge in [-0.2, -0.15) is 0 Å². The molecule has 0 saturated carbocycles. The second kappa shape index (κ2) is 8.51. The monoisotopic (exact) mass is 382 g/mol. The Morgan fingerprint density at radius 3 is 2.56 bits per heavy atom. The predicted octanol–water partition coefficient (Wildman–Crippen LogP) is 4.83. The lowest BCUT2D eigenvalue weighted by atomic mass is 10.2. The van der Waals surface area contributed by atoms with Crippen molar-refractivity contribution in [3.63, 3.8) is 0 Å². The molecule has 0 atom stereocenters. The lowest BCUT2D eigenvalue weighted by Gasteiger charge is -2.10. The molecule has 0 aliphatic rings. The molecule has 138 valence electrons. The predicted molar refractivity (Wildman–Crippen MR) is 107 cm³/mol. The number of nitrogens with zero attached hydrogens (tertiary/aromatic N) is 2. The fourth-order valence-electron chi connectivity index (χ4n) is 2.43. The van der Waals surface area contributed by atoms with E-state index in [9.17, 15) is 4.79 Å². The van der Waals surface area contributed by atoms with Crippen molar-refractivity contribution in [1.29, 1.82) is 0 Å². The van der Waals surface area contributed by atoms with Crippen molar-refractivity contribution in [2.45, 2.75) is 13.8 Å². The van der Waals surface area contributed by atoms with E-state index in [0.29, 0.717) is 29.0 Å². The van der Waals surface area contributed by atoms with Crippen LogP contribution in [0.25, 0.3) is 0 Å². The average Bonchev–Trinajstić information content (AvgIpc) is 2.63. The van der Waals surface area contributed by atoms with E-state index in [1.807, 2.05) is 19.1 Å². The standard InChI is InChI=1S/C20H19ClN4O2/c1-3-27-17-9-7-15(8-10-17)23-19(26)18-11-13(2)22-20(25-18)24-16-6-4-5-14(21)12-16/h4-12H,3H2,1-2H3,(H,23,26)(H,22,24,25). The van der Waals surface area contributed by atoms with E-state index in [2.05, 4.69) is 20.6 Å². The smallest absolute Gasteiger partial charge is 0.274 e. The van der Waals surface area contributed by atoms with Crippen LogP contribution in [0.4, 0.5) is 17.3 Å². The Morgan fingerprint density at radius 2 is 1.85 bits per heavy atom. The van der Waals surface area contributed by atoms with Gasteiger partial charge in [-0.3, -0.25) is 4.79 Å². The van der Waals surface area contributed by atoms with E-state index in [1.54, 1.807) is 49.4 Å². The number of aromatic nitrogens is 2. The highest BCUT2D eigenvalue weighted by molar-refractivity contribution is 6.30. The Labute approximate surface area is 162 Å². The quantitative estimate of drug-likeness (QED) is 0.638. The molecule has 1 heterocycles. The van der Waals surface area contributed by atoms with Gasteiger partial charge in [-0.05, 0) is 62.4 Å². The molecule has 27 heavy (non-hydrogen) atoms. The van der Waals surface area contributed by atoms with Crippen LogP contribution in [0, 0.1) is 6.92 Å². The van der Waals surface area contributed by atoms with Gasteiger partial charge in [-0.15, -0.1) is 0 Å². The summed E-state index contributed by atoms with van der Waals surface area (Å²) < 4.78 is 5.40. The van der Waals surface area contributed by atoms with Gasteiger partial charge in [0.25, 0.3) is 5.91 Å². The van der Waals surface area contributed by atoms with Gasteiger partial charge in [0.05, 0.1) is 6.61 Å². The van der Waals surface area contributed by atoms with E-state index in [4.69, 9.17) is 16.3 Å². The summed E-state index contributed by atoms with van der Waals surface area (Å²) in [6, 6.07) is 16.0. The lowest BCUT2D eigenvalue weighted by molar-refractivity contribution is 0.102. The van der Waals surface area contributed by atoms with Crippen molar-refractivity contribution in [1.82, 2.24) is 9.97 Å². The molecule has 0 unspecified atom stereocenters. The minimum Gasteiger partial charge on any atom is -0.494 e. The van der Waals surface area contributed by atoms with Crippen molar-refractivity contribution in [3.8, 4) is 5.75 Å². The fourth-order valence-corrected chi connectivity index (χ4v) is 2.62. The average molecular weight is 383 g/mol. The molecule has 0 saturated heterocycles. The summed E-state index contributed by atoms with van der Waals surface area (Å²) in [5.74, 6) is 0.759. The lowest BCUT2D eigenvalue weighted by Crippen LogP contribution is -2.15. The summed E-state index contributed by atoms with van der Waals surface area (Å²) in [5.41, 5.74) is 2.34. The van der Waals surface area contributed by atoms with Crippen LogP contribution >= 0.6 is 11.6 Å². The van der Waals surface area contributed by atoms with Gasteiger partial charge in [-0.1, -0.05) is 17.7 Å². The SMILES string of the molecule is CCOc1ccc(NC(=O)c2cc(C)nc(Nc3cccc(Cl)c3)n2)cc1. The molecular weight excluding hydrogens is 364 g/mol. The molecular formula is C20H19ClN4O2. The van der Waals surface area contributed by atoms with Crippen LogP contribution in [0.15, 0.2) is 54.6 Å². The van der Waals surface area contributed by atoms with Crippen LogP contribution in [0.1, 0.15) is 23.1 Å². The van der Waals surface area contributed by atoms with Gasteiger partial charge < -0.3 is 15.4 Å². The maximum Gasteiger partial charge on any atom is 0.274 e. The summed E-state index contributed by atoms with van der Waals surface area (Å²) in [5, 5.41) is 6.48. The molecule has 0 fully saturated rings. The van der Waals surface area contributed by atoms with E-state index in [-0.39, 0.29) is 11.6 Å². The molecule has 0 aliphatic carbocycles. The number of hydrogen-bond donors (Lipinski definition) is 2. The Balaban J connectivity index is 1.75. The number of amides is 1. The molecule has 1 amide bonds. The fraction of sp³-hybridized carbons (Fsp3) is 0.150. The zero-order valence-electron chi connectivity index (χ0n) is 15.0. The number of nitrogens with one attached hydrogen (secondary N) is 2. The summed E-state index contributed by atoms with van der Waals surface area (Å²) in [6.45, 7) is 4.31. The highest BCUT2D eigenvalue weighted by Crippen LogP contribution is 2.19. The summed E-state index contributed by atoms with van der Waals surface area (Å²) >= 11 is 5.99. The third kappa shape index (κ3) is 5.18. The second-order valence-electron chi connectivity index (χ2n) is 5.77. The van der Waals surface area contributed by atoms with Gasteiger partial charge >= 0.3 is 0 Å². The Morgan fingerprint density at radius 1 is 1.07 bits per heavy atom. The minimum atomic E-state index is -0.321. The molecule has 1 aromatic heterocycles. The summed E-state index contributed by atoms with van der Waals surface area (Å²) in [4.78, 5) is 21.2. The minimum absolute atomic E-state index is 0.265. The third-order valence-corrected chi connectivity index (χ3v) is 3.83. The Bertz CT molecular complexity index is 945. The molecule has 2 aromatic carbocycles. The van der Waals surface area contributed by atoms with Crippen molar-refractivity contribution >= 4 is 34.8 Å². The first-order valence-electron chi connectivity index (χ1n) is 8.46. The van der Waals surface area contributed by atoms with Crippen LogP contribution in [0.5, 0.6) is 5.75 Å². The van der Waals surface area contributed by atoms with E-state index < -0.39 is 0 Å².